The van der Waals surface area contributed by atoms with E-state index >= 15 is 0 Å². The van der Waals surface area contributed by atoms with Crippen LogP contribution >= 0.6 is 0 Å². The second-order valence-electron chi connectivity index (χ2n) is 7.56. The molecule has 0 aromatic heterocycles. The molecule has 5 heteroatoms. The first-order valence-corrected chi connectivity index (χ1v) is 9.83. The van der Waals surface area contributed by atoms with Crippen molar-refractivity contribution in [2.75, 3.05) is 34.5 Å². The van der Waals surface area contributed by atoms with Crippen molar-refractivity contribution in [3.8, 4) is 23.0 Å². The molecular formula is C23H31NO4. The predicted octanol–water partition coefficient (Wildman–Crippen LogP) is 4.18. The van der Waals surface area contributed by atoms with Gasteiger partial charge in [0.05, 0.1) is 27.9 Å². The van der Waals surface area contributed by atoms with Crippen LogP contribution in [0.2, 0.25) is 0 Å². The van der Waals surface area contributed by atoms with Crippen LogP contribution < -0.4 is 24.3 Å². The second kappa shape index (κ2) is 9.20. The average Bonchev–Trinajstić information content (AvgIpc) is 2.71. The Morgan fingerprint density at radius 3 is 2.32 bits per heavy atom. The van der Waals surface area contributed by atoms with E-state index in [1.807, 2.05) is 6.07 Å². The van der Waals surface area contributed by atoms with Crippen molar-refractivity contribution in [1.82, 2.24) is 5.32 Å². The molecule has 152 valence electrons. The van der Waals surface area contributed by atoms with E-state index in [4.69, 9.17) is 18.9 Å². The Morgan fingerprint density at radius 1 is 0.929 bits per heavy atom. The highest BCUT2D eigenvalue weighted by Crippen LogP contribution is 2.37. The maximum absolute atomic E-state index is 6.03. The first-order valence-electron chi connectivity index (χ1n) is 9.83. The van der Waals surface area contributed by atoms with Gasteiger partial charge < -0.3 is 24.3 Å². The summed E-state index contributed by atoms with van der Waals surface area (Å²) >= 11 is 0. The Labute approximate surface area is 168 Å². The predicted molar refractivity (Wildman–Crippen MR) is 111 cm³/mol. The highest BCUT2D eigenvalue weighted by Gasteiger charge is 2.23. The maximum atomic E-state index is 6.03. The van der Waals surface area contributed by atoms with E-state index in [0.29, 0.717) is 12.5 Å². The Kier molecular flexibility index (Phi) is 6.68. The normalized spacial score (nSPS) is 15.9. The summed E-state index contributed by atoms with van der Waals surface area (Å²) in [6.07, 6.45) is 1.85. The lowest BCUT2D eigenvalue weighted by molar-refractivity contribution is 0.256. The fourth-order valence-electron chi connectivity index (χ4n) is 3.60. The summed E-state index contributed by atoms with van der Waals surface area (Å²) in [5.74, 6) is 3.59. The van der Waals surface area contributed by atoms with Gasteiger partial charge in [-0.05, 0) is 66.3 Å². The number of nitrogens with one attached hydrogen (secondary N) is 1. The molecule has 1 N–H and O–H groups in total. The zero-order valence-electron chi connectivity index (χ0n) is 17.5. The number of methoxy groups -OCH3 is 3. The molecule has 2 aromatic carbocycles. The van der Waals surface area contributed by atoms with Gasteiger partial charge >= 0.3 is 0 Å². The zero-order valence-corrected chi connectivity index (χ0v) is 17.5. The monoisotopic (exact) mass is 385 g/mol. The fraction of sp³-hybridized carbons (Fsp3) is 0.478. The van der Waals surface area contributed by atoms with Crippen LogP contribution in [0, 0.1) is 5.92 Å². The maximum Gasteiger partial charge on any atom is 0.161 e. The highest BCUT2D eigenvalue weighted by atomic mass is 16.5. The second-order valence-corrected chi connectivity index (χ2v) is 7.56. The van der Waals surface area contributed by atoms with Gasteiger partial charge in [-0.3, -0.25) is 0 Å². The Bertz CT molecular complexity index is 803. The van der Waals surface area contributed by atoms with Crippen molar-refractivity contribution < 1.29 is 18.9 Å². The average molecular weight is 386 g/mol. The van der Waals surface area contributed by atoms with Crippen molar-refractivity contribution in [2.24, 2.45) is 5.92 Å². The van der Waals surface area contributed by atoms with Crippen LogP contribution in [0.5, 0.6) is 23.0 Å². The molecule has 5 nitrogen and oxygen atoms in total. The molecule has 0 aliphatic carbocycles. The smallest absolute Gasteiger partial charge is 0.161 e. The number of fused-ring (bicyclic) bond motifs is 1. The van der Waals surface area contributed by atoms with E-state index in [1.54, 1.807) is 21.3 Å². The number of hydrogen-bond donors (Lipinski definition) is 1. The third-order valence-corrected chi connectivity index (χ3v) is 5.05. The summed E-state index contributed by atoms with van der Waals surface area (Å²) in [6, 6.07) is 10.6. The summed E-state index contributed by atoms with van der Waals surface area (Å²) < 4.78 is 22.4. The molecule has 0 radical (unpaired) electrons. The Morgan fingerprint density at radius 2 is 1.64 bits per heavy atom. The number of hydrogen-bond acceptors (Lipinski definition) is 5. The van der Waals surface area contributed by atoms with Gasteiger partial charge in [-0.1, -0.05) is 19.9 Å². The van der Waals surface area contributed by atoms with Crippen LogP contribution in [0.4, 0.5) is 0 Å². The molecule has 0 saturated carbocycles. The fourth-order valence-corrected chi connectivity index (χ4v) is 3.60. The molecule has 1 heterocycles. The summed E-state index contributed by atoms with van der Waals surface area (Å²) in [4.78, 5) is 0. The minimum Gasteiger partial charge on any atom is -0.493 e. The summed E-state index contributed by atoms with van der Waals surface area (Å²) in [7, 11) is 5.02. The third-order valence-electron chi connectivity index (χ3n) is 5.05. The minimum atomic E-state index is 0.217. The molecular weight excluding hydrogens is 354 g/mol. The van der Waals surface area contributed by atoms with Gasteiger partial charge in [-0.15, -0.1) is 0 Å². The molecule has 0 bridgehead atoms. The summed E-state index contributed by atoms with van der Waals surface area (Å²) in [6.45, 7) is 5.90. The molecule has 28 heavy (non-hydrogen) atoms. The van der Waals surface area contributed by atoms with E-state index < -0.39 is 0 Å². The molecule has 1 atom stereocenters. The lowest BCUT2D eigenvalue weighted by Crippen LogP contribution is -2.31. The standard InChI is InChI=1S/C23H31NO4/c1-15(2)14-28-23-13-18-17(12-22(23)27-5)8-9-24-19(18)10-16-6-7-20(25-3)21(11-16)26-4/h6-7,11-13,15,19,24H,8-10,14H2,1-5H3. The molecule has 2 aromatic rings. The van der Waals surface area contributed by atoms with Crippen LogP contribution in [-0.2, 0) is 12.8 Å². The lowest BCUT2D eigenvalue weighted by Gasteiger charge is -2.29. The first-order chi connectivity index (χ1) is 13.5. The molecule has 0 saturated heterocycles. The number of ether oxygens (including phenoxy) is 4. The van der Waals surface area contributed by atoms with Crippen LogP contribution in [-0.4, -0.2) is 34.5 Å². The molecule has 0 spiro atoms. The van der Waals surface area contributed by atoms with Gasteiger partial charge in [0.2, 0.25) is 0 Å². The van der Waals surface area contributed by atoms with E-state index in [0.717, 1.165) is 42.4 Å². The Balaban J connectivity index is 1.88. The molecule has 1 unspecified atom stereocenters. The van der Waals surface area contributed by atoms with Crippen molar-refractivity contribution in [1.29, 1.82) is 0 Å². The van der Waals surface area contributed by atoms with Crippen LogP contribution in [0.25, 0.3) is 0 Å². The number of rotatable bonds is 8. The van der Waals surface area contributed by atoms with Crippen LogP contribution in [0.3, 0.4) is 0 Å². The molecule has 1 aliphatic rings. The largest absolute Gasteiger partial charge is 0.493 e. The van der Waals surface area contributed by atoms with E-state index in [2.05, 4.69) is 43.4 Å². The number of benzene rings is 2. The summed E-state index contributed by atoms with van der Waals surface area (Å²) in [5, 5.41) is 3.65. The van der Waals surface area contributed by atoms with Gasteiger partial charge in [0.25, 0.3) is 0 Å². The summed E-state index contributed by atoms with van der Waals surface area (Å²) in [5.41, 5.74) is 3.79. The SMILES string of the molecule is COc1ccc(CC2NCCc3cc(OC)c(OCC(C)C)cc32)cc1OC. The highest BCUT2D eigenvalue weighted by molar-refractivity contribution is 5.50. The van der Waals surface area contributed by atoms with Crippen molar-refractivity contribution >= 4 is 0 Å². The molecule has 3 rings (SSSR count). The first kappa shape index (κ1) is 20.3. The van der Waals surface area contributed by atoms with Crippen LogP contribution in [0.15, 0.2) is 30.3 Å². The van der Waals surface area contributed by atoms with Gasteiger partial charge in [-0.2, -0.15) is 0 Å². The van der Waals surface area contributed by atoms with Crippen molar-refractivity contribution in [3.05, 3.63) is 47.0 Å². The van der Waals surface area contributed by atoms with Crippen molar-refractivity contribution in [3.63, 3.8) is 0 Å². The Hall–Kier alpha value is -2.40. The molecule has 0 fully saturated rings. The van der Waals surface area contributed by atoms with Crippen molar-refractivity contribution in [2.45, 2.75) is 32.7 Å². The topological polar surface area (TPSA) is 49.0 Å². The van der Waals surface area contributed by atoms with Gasteiger partial charge in [-0.25, -0.2) is 0 Å². The van der Waals surface area contributed by atoms with Crippen LogP contribution in [0.1, 0.15) is 36.6 Å². The zero-order chi connectivity index (χ0) is 20.1. The van der Waals surface area contributed by atoms with E-state index in [1.165, 1.54) is 16.7 Å². The van der Waals surface area contributed by atoms with E-state index in [9.17, 15) is 0 Å². The van der Waals surface area contributed by atoms with Gasteiger partial charge in [0, 0.05) is 6.04 Å². The third kappa shape index (κ3) is 4.53. The molecule has 0 amide bonds. The lowest BCUT2D eigenvalue weighted by atomic mass is 9.89. The quantitative estimate of drug-likeness (QED) is 0.739. The van der Waals surface area contributed by atoms with E-state index in [-0.39, 0.29) is 6.04 Å². The molecule has 1 aliphatic heterocycles. The minimum absolute atomic E-state index is 0.217. The van der Waals surface area contributed by atoms with Gasteiger partial charge in [0.15, 0.2) is 23.0 Å². The van der Waals surface area contributed by atoms with Gasteiger partial charge in [0.1, 0.15) is 0 Å².